The second kappa shape index (κ2) is 10.9. The van der Waals surface area contributed by atoms with Crippen molar-refractivity contribution in [3.05, 3.63) is 100 Å². The SMILES string of the molecule is Cc1cccc(NC(=O)CNC(=O)COC(=O)c2ccc3c(c2)CC(c2ccccc2)OC3=O)c1C. The highest BCUT2D eigenvalue weighted by molar-refractivity contribution is 5.97. The predicted molar refractivity (Wildman–Crippen MR) is 133 cm³/mol. The first kappa shape index (κ1) is 24.7. The van der Waals surface area contributed by atoms with E-state index in [2.05, 4.69) is 10.6 Å². The lowest BCUT2D eigenvalue weighted by Crippen LogP contribution is -2.35. The summed E-state index contributed by atoms with van der Waals surface area (Å²) in [6.07, 6.45) is -0.0274. The maximum absolute atomic E-state index is 12.5. The van der Waals surface area contributed by atoms with Crippen LogP contribution in [0, 0.1) is 13.8 Å². The summed E-state index contributed by atoms with van der Waals surface area (Å²) < 4.78 is 10.6. The van der Waals surface area contributed by atoms with E-state index < -0.39 is 36.5 Å². The molecule has 8 nitrogen and oxygen atoms in total. The molecule has 0 fully saturated rings. The molecule has 1 unspecified atom stereocenters. The molecule has 3 aromatic rings. The normalized spacial score (nSPS) is 14.3. The fraction of sp³-hybridized carbons (Fsp3) is 0.214. The van der Waals surface area contributed by atoms with Crippen LogP contribution in [0.2, 0.25) is 0 Å². The summed E-state index contributed by atoms with van der Waals surface area (Å²) in [4.78, 5) is 49.2. The molecule has 0 spiro atoms. The zero-order chi connectivity index (χ0) is 25.7. The Morgan fingerprint density at radius 2 is 1.75 bits per heavy atom. The van der Waals surface area contributed by atoms with Crippen molar-refractivity contribution in [2.45, 2.75) is 26.4 Å². The standard InChI is InChI=1S/C28H26N2O6/c1-17-7-6-10-23(18(17)2)30-25(31)15-29-26(32)16-35-27(33)20-11-12-22-21(13-20)14-24(36-28(22)34)19-8-4-3-5-9-19/h3-13,24H,14-16H2,1-2H3,(H,29,32)(H,30,31). The summed E-state index contributed by atoms with van der Waals surface area (Å²) >= 11 is 0. The number of benzene rings is 3. The van der Waals surface area contributed by atoms with Crippen molar-refractivity contribution in [3.63, 3.8) is 0 Å². The molecule has 0 saturated heterocycles. The van der Waals surface area contributed by atoms with Gasteiger partial charge in [0.1, 0.15) is 6.10 Å². The topological polar surface area (TPSA) is 111 Å². The highest BCUT2D eigenvalue weighted by Gasteiger charge is 2.28. The molecule has 1 heterocycles. The van der Waals surface area contributed by atoms with Crippen molar-refractivity contribution in [3.8, 4) is 0 Å². The molecule has 3 aromatic carbocycles. The van der Waals surface area contributed by atoms with Crippen LogP contribution in [0.25, 0.3) is 0 Å². The molecular weight excluding hydrogens is 460 g/mol. The second-order valence-electron chi connectivity index (χ2n) is 8.53. The smallest absolute Gasteiger partial charge is 0.339 e. The minimum atomic E-state index is -0.706. The highest BCUT2D eigenvalue weighted by Crippen LogP contribution is 2.31. The molecule has 184 valence electrons. The van der Waals surface area contributed by atoms with Crippen molar-refractivity contribution in [2.24, 2.45) is 0 Å². The lowest BCUT2D eigenvalue weighted by atomic mass is 9.93. The first-order valence-electron chi connectivity index (χ1n) is 11.5. The molecule has 1 aliphatic rings. The van der Waals surface area contributed by atoms with E-state index in [0.717, 1.165) is 16.7 Å². The molecule has 2 amide bonds. The van der Waals surface area contributed by atoms with E-state index in [-0.39, 0.29) is 12.1 Å². The number of fused-ring (bicyclic) bond motifs is 1. The molecular formula is C28H26N2O6. The summed E-state index contributed by atoms with van der Waals surface area (Å²) in [5.41, 5.74) is 4.80. The van der Waals surface area contributed by atoms with Crippen LogP contribution < -0.4 is 10.6 Å². The van der Waals surface area contributed by atoms with Gasteiger partial charge >= 0.3 is 11.9 Å². The zero-order valence-corrected chi connectivity index (χ0v) is 20.0. The fourth-order valence-electron chi connectivity index (χ4n) is 3.90. The minimum absolute atomic E-state index is 0.218. The van der Waals surface area contributed by atoms with Crippen LogP contribution in [0.3, 0.4) is 0 Å². The molecule has 4 rings (SSSR count). The quantitative estimate of drug-likeness (QED) is 0.493. The van der Waals surface area contributed by atoms with Crippen LogP contribution in [0.4, 0.5) is 5.69 Å². The van der Waals surface area contributed by atoms with Crippen molar-refractivity contribution in [2.75, 3.05) is 18.5 Å². The van der Waals surface area contributed by atoms with Crippen LogP contribution in [0.15, 0.2) is 66.7 Å². The van der Waals surface area contributed by atoms with Gasteiger partial charge in [0, 0.05) is 12.1 Å². The van der Waals surface area contributed by atoms with E-state index in [1.54, 1.807) is 12.1 Å². The zero-order valence-electron chi connectivity index (χ0n) is 20.0. The fourth-order valence-corrected chi connectivity index (χ4v) is 3.90. The first-order chi connectivity index (χ1) is 17.3. The summed E-state index contributed by atoms with van der Waals surface area (Å²) in [6.45, 7) is 3.04. The lowest BCUT2D eigenvalue weighted by Gasteiger charge is -2.25. The van der Waals surface area contributed by atoms with Gasteiger partial charge in [-0.05, 0) is 60.4 Å². The maximum Gasteiger partial charge on any atom is 0.339 e. The number of carbonyl (C=O) groups is 4. The minimum Gasteiger partial charge on any atom is -0.454 e. The van der Waals surface area contributed by atoms with Gasteiger partial charge in [0.15, 0.2) is 6.61 Å². The number of hydrogen-bond acceptors (Lipinski definition) is 6. The van der Waals surface area contributed by atoms with E-state index in [9.17, 15) is 19.2 Å². The number of carbonyl (C=O) groups excluding carboxylic acids is 4. The Morgan fingerprint density at radius 1 is 0.972 bits per heavy atom. The van der Waals surface area contributed by atoms with E-state index in [1.807, 2.05) is 56.3 Å². The Bertz CT molecular complexity index is 1320. The Kier molecular flexibility index (Phi) is 7.44. The second-order valence-corrected chi connectivity index (χ2v) is 8.53. The lowest BCUT2D eigenvalue weighted by molar-refractivity contribution is -0.126. The molecule has 1 aliphatic heterocycles. The van der Waals surface area contributed by atoms with Gasteiger partial charge in [0.05, 0.1) is 17.7 Å². The summed E-state index contributed by atoms with van der Waals surface area (Å²) in [5, 5.41) is 5.18. The van der Waals surface area contributed by atoms with E-state index in [0.29, 0.717) is 23.2 Å². The Hall–Kier alpha value is -4.46. The largest absolute Gasteiger partial charge is 0.454 e. The average molecular weight is 487 g/mol. The Labute approximate surface area is 208 Å². The molecule has 0 radical (unpaired) electrons. The molecule has 0 aliphatic carbocycles. The van der Waals surface area contributed by atoms with Crippen LogP contribution in [-0.4, -0.2) is 36.9 Å². The molecule has 2 N–H and O–H groups in total. The number of cyclic esters (lactones) is 1. The van der Waals surface area contributed by atoms with E-state index in [1.165, 1.54) is 12.1 Å². The van der Waals surface area contributed by atoms with Crippen LogP contribution in [0.5, 0.6) is 0 Å². The first-order valence-corrected chi connectivity index (χ1v) is 11.5. The summed E-state index contributed by atoms with van der Waals surface area (Å²) in [6, 6.07) is 19.5. The van der Waals surface area contributed by atoms with Crippen LogP contribution in [-0.2, 0) is 25.5 Å². The van der Waals surface area contributed by atoms with Gasteiger partial charge in [0.2, 0.25) is 5.91 Å². The molecule has 1 atom stereocenters. The van der Waals surface area contributed by atoms with Gasteiger partial charge in [-0.2, -0.15) is 0 Å². The number of anilines is 1. The van der Waals surface area contributed by atoms with Crippen molar-refractivity contribution in [1.82, 2.24) is 5.32 Å². The van der Waals surface area contributed by atoms with Crippen LogP contribution >= 0.6 is 0 Å². The number of hydrogen-bond donors (Lipinski definition) is 2. The summed E-state index contributed by atoms with van der Waals surface area (Å²) in [5.74, 6) is -2.16. The number of nitrogens with one attached hydrogen (secondary N) is 2. The number of esters is 2. The number of rotatable bonds is 7. The average Bonchev–Trinajstić information content (AvgIpc) is 2.88. The molecule has 0 bridgehead atoms. The van der Waals surface area contributed by atoms with Crippen LogP contribution in [0.1, 0.15) is 49.1 Å². The molecule has 36 heavy (non-hydrogen) atoms. The number of amides is 2. The monoisotopic (exact) mass is 486 g/mol. The number of aryl methyl sites for hydroxylation is 1. The molecule has 0 aromatic heterocycles. The third-order valence-corrected chi connectivity index (χ3v) is 6.05. The molecule has 0 saturated carbocycles. The Balaban J connectivity index is 1.30. The molecule has 8 heteroatoms. The van der Waals surface area contributed by atoms with Gasteiger partial charge in [0.25, 0.3) is 5.91 Å². The maximum atomic E-state index is 12.5. The van der Waals surface area contributed by atoms with Gasteiger partial charge in [-0.3, -0.25) is 9.59 Å². The highest BCUT2D eigenvalue weighted by atomic mass is 16.5. The van der Waals surface area contributed by atoms with Crippen molar-refractivity contribution in [1.29, 1.82) is 0 Å². The van der Waals surface area contributed by atoms with Gasteiger partial charge in [-0.1, -0.05) is 42.5 Å². The van der Waals surface area contributed by atoms with E-state index in [4.69, 9.17) is 9.47 Å². The number of ether oxygens (including phenoxy) is 2. The third-order valence-electron chi connectivity index (χ3n) is 6.05. The van der Waals surface area contributed by atoms with Gasteiger partial charge < -0.3 is 20.1 Å². The van der Waals surface area contributed by atoms with Gasteiger partial charge in [-0.25, -0.2) is 9.59 Å². The Morgan fingerprint density at radius 3 is 2.53 bits per heavy atom. The predicted octanol–water partition coefficient (Wildman–Crippen LogP) is 3.67. The van der Waals surface area contributed by atoms with E-state index >= 15 is 0 Å². The summed E-state index contributed by atoms with van der Waals surface area (Å²) in [7, 11) is 0. The van der Waals surface area contributed by atoms with Gasteiger partial charge in [-0.15, -0.1) is 0 Å². The van der Waals surface area contributed by atoms with Crippen molar-refractivity contribution >= 4 is 29.4 Å². The third kappa shape index (κ3) is 5.78. The van der Waals surface area contributed by atoms with Crippen molar-refractivity contribution < 1.29 is 28.7 Å².